The average Bonchev–Trinajstić information content (AvgIpc) is 3.02. The number of fused-ring (bicyclic) bond motifs is 2. The zero-order chi connectivity index (χ0) is 22.9. The highest BCUT2D eigenvalue weighted by Crippen LogP contribution is 2.40. The van der Waals surface area contributed by atoms with Crippen LogP contribution in [0.25, 0.3) is 5.57 Å². The van der Waals surface area contributed by atoms with Gasteiger partial charge in [-0.3, -0.25) is 4.90 Å². The summed E-state index contributed by atoms with van der Waals surface area (Å²) in [6.07, 6.45) is -7.43. The molecule has 4 nitrogen and oxygen atoms in total. The summed E-state index contributed by atoms with van der Waals surface area (Å²) in [5.41, 5.74) is 2.47. The summed E-state index contributed by atoms with van der Waals surface area (Å²) in [5.74, 6) is -0.582. The number of benzene rings is 2. The summed E-state index contributed by atoms with van der Waals surface area (Å²) in [6.45, 7) is 0.177. The lowest BCUT2D eigenvalue weighted by Gasteiger charge is -2.33. The number of hydrogen-bond donors (Lipinski definition) is 0. The van der Waals surface area contributed by atoms with Crippen LogP contribution in [0.15, 0.2) is 60.7 Å². The normalized spacial score (nSPS) is 20.7. The lowest BCUT2D eigenvalue weighted by molar-refractivity contribution is -0.360. The first-order chi connectivity index (χ1) is 15.1. The van der Waals surface area contributed by atoms with E-state index in [-0.39, 0.29) is 18.7 Å². The van der Waals surface area contributed by atoms with Crippen molar-refractivity contribution in [3.8, 4) is 5.75 Å². The molecule has 2 aliphatic rings. The third kappa shape index (κ3) is 4.56. The Bertz CT molecular complexity index is 989. The largest absolute Gasteiger partial charge is 0.499 e. The minimum Gasteiger partial charge on any atom is -0.445 e. The zero-order valence-electron chi connectivity index (χ0n) is 16.8. The third-order valence-electron chi connectivity index (χ3n) is 5.61. The fraction of sp³-hybridized carbons (Fsp3) is 0.348. The average molecular weight is 453 g/mol. The van der Waals surface area contributed by atoms with Gasteiger partial charge >= 0.3 is 18.4 Å². The molecular weight excluding hydrogens is 433 g/mol. The minimum atomic E-state index is -5.80. The maximum absolute atomic E-state index is 13.1. The molecule has 0 spiro atoms. The van der Waals surface area contributed by atoms with Crippen LogP contribution >= 0.6 is 0 Å². The van der Waals surface area contributed by atoms with E-state index in [9.17, 15) is 26.7 Å². The van der Waals surface area contributed by atoms with Gasteiger partial charge in [-0.1, -0.05) is 48.5 Å². The van der Waals surface area contributed by atoms with Crippen molar-refractivity contribution < 1.29 is 36.2 Å². The van der Waals surface area contributed by atoms with E-state index in [0.29, 0.717) is 12.0 Å². The van der Waals surface area contributed by atoms with E-state index in [2.05, 4.69) is 4.74 Å². The molecule has 9 heteroatoms. The van der Waals surface area contributed by atoms with Gasteiger partial charge < -0.3 is 9.47 Å². The maximum Gasteiger partial charge on any atom is 0.499 e. The van der Waals surface area contributed by atoms with Crippen molar-refractivity contribution in [3.05, 3.63) is 71.8 Å². The Morgan fingerprint density at radius 2 is 1.66 bits per heavy atom. The predicted molar refractivity (Wildman–Crippen MR) is 106 cm³/mol. The molecule has 2 heterocycles. The van der Waals surface area contributed by atoms with E-state index in [1.165, 1.54) is 12.1 Å². The SMILES string of the molecule is O=C(OCc1ccccc1)N1C2C=C(c3ccc(OC(F)(F)C(F)(F)F)cc3)CC1CC2. The zero-order valence-corrected chi connectivity index (χ0v) is 16.8. The molecule has 170 valence electrons. The van der Waals surface area contributed by atoms with Crippen molar-refractivity contribution in [2.45, 2.75) is 50.2 Å². The number of halogens is 5. The number of hydrogen-bond acceptors (Lipinski definition) is 3. The van der Waals surface area contributed by atoms with Gasteiger partial charge in [-0.2, -0.15) is 22.0 Å². The number of alkyl halides is 5. The van der Waals surface area contributed by atoms with Gasteiger partial charge in [0.15, 0.2) is 0 Å². The molecule has 2 bridgehead atoms. The summed E-state index contributed by atoms with van der Waals surface area (Å²) in [4.78, 5) is 14.3. The minimum absolute atomic E-state index is 0.0613. The van der Waals surface area contributed by atoms with Crippen LogP contribution in [0.4, 0.5) is 26.7 Å². The predicted octanol–water partition coefficient (Wildman–Crippen LogP) is 6.18. The molecule has 2 unspecified atom stereocenters. The van der Waals surface area contributed by atoms with Crippen molar-refractivity contribution in [1.29, 1.82) is 0 Å². The fourth-order valence-corrected chi connectivity index (χ4v) is 4.07. The van der Waals surface area contributed by atoms with E-state index >= 15 is 0 Å². The first kappa shape index (κ1) is 22.1. The highest BCUT2D eigenvalue weighted by molar-refractivity contribution is 5.75. The van der Waals surface area contributed by atoms with Gasteiger partial charge in [0.25, 0.3) is 0 Å². The quantitative estimate of drug-likeness (QED) is 0.508. The smallest absolute Gasteiger partial charge is 0.445 e. The second-order valence-electron chi connectivity index (χ2n) is 7.78. The summed E-state index contributed by atoms with van der Waals surface area (Å²) >= 11 is 0. The molecule has 1 fully saturated rings. The van der Waals surface area contributed by atoms with E-state index in [4.69, 9.17) is 4.74 Å². The van der Waals surface area contributed by atoms with Crippen LogP contribution in [0.1, 0.15) is 30.4 Å². The number of carbonyl (C=O) groups excluding carboxylic acids is 1. The number of amides is 1. The Morgan fingerprint density at radius 3 is 2.28 bits per heavy atom. The summed E-state index contributed by atoms with van der Waals surface area (Å²) < 4.78 is 72.3. The highest BCUT2D eigenvalue weighted by atomic mass is 19.4. The molecule has 0 aromatic heterocycles. The number of carbonyl (C=O) groups is 1. The standard InChI is InChI=1S/C23H20F5NO3/c24-22(25,26)23(27,28)32-20-10-6-16(7-11-20)17-12-18-8-9-19(13-17)29(18)21(30)31-14-15-4-2-1-3-5-15/h1-7,10-12,18-19H,8-9,13-14H2. The number of rotatable bonds is 5. The van der Waals surface area contributed by atoms with Gasteiger partial charge in [-0.15, -0.1) is 0 Å². The van der Waals surface area contributed by atoms with Gasteiger partial charge in [-0.05, 0) is 48.1 Å². The fourth-order valence-electron chi connectivity index (χ4n) is 4.07. The van der Waals surface area contributed by atoms with E-state index in [1.54, 1.807) is 4.90 Å². The van der Waals surface area contributed by atoms with Gasteiger partial charge in [-0.25, -0.2) is 4.79 Å². The lowest BCUT2D eigenvalue weighted by atomic mass is 9.95. The van der Waals surface area contributed by atoms with Crippen LogP contribution in [0, 0.1) is 0 Å². The van der Waals surface area contributed by atoms with Crippen LogP contribution in [-0.2, 0) is 11.3 Å². The maximum atomic E-state index is 13.1. The highest BCUT2D eigenvalue weighted by Gasteiger charge is 2.61. The lowest BCUT2D eigenvalue weighted by Crippen LogP contribution is -2.43. The van der Waals surface area contributed by atoms with Crippen molar-refractivity contribution in [1.82, 2.24) is 4.90 Å². The van der Waals surface area contributed by atoms with Gasteiger partial charge in [0.2, 0.25) is 0 Å². The van der Waals surface area contributed by atoms with E-state index in [0.717, 1.165) is 36.1 Å². The molecule has 2 aromatic carbocycles. The van der Waals surface area contributed by atoms with Crippen LogP contribution in [-0.4, -0.2) is 35.4 Å². The van der Waals surface area contributed by atoms with Crippen molar-refractivity contribution in [2.24, 2.45) is 0 Å². The molecule has 1 saturated heterocycles. The van der Waals surface area contributed by atoms with Crippen LogP contribution in [0.5, 0.6) is 5.75 Å². The molecule has 32 heavy (non-hydrogen) atoms. The number of ether oxygens (including phenoxy) is 2. The summed E-state index contributed by atoms with van der Waals surface area (Å²) in [5, 5.41) is 0. The van der Waals surface area contributed by atoms with Gasteiger partial charge in [0.05, 0.1) is 6.04 Å². The molecule has 0 radical (unpaired) electrons. The molecule has 0 N–H and O–H groups in total. The van der Waals surface area contributed by atoms with Gasteiger partial charge in [0.1, 0.15) is 12.4 Å². The Kier molecular flexibility index (Phi) is 5.83. The van der Waals surface area contributed by atoms with E-state index in [1.807, 2.05) is 36.4 Å². The van der Waals surface area contributed by atoms with Crippen LogP contribution in [0.3, 0.4) is 0 Å². The molecule has 2 atom stereocenters. The Morgan fingerprint density at radius 1 is 0.969 bits per heavy atom. The third-order valence-corrected chi connectivity index (χ3v) is 5.61. The van der Waals surface area contributed by atoms with Crippen LogP contribution in [0.2, 0.25) is 0 Å². The van der Waals surface area contributed by atoms with E-state index < -0.39 is 24.1 Å². The molecule has 2 aliphatic heterocycles. The Hall–Kier alpha value is -3.10. The monoisotopic (exact) mass is 453 g/mol. The Labute approximate surface area is 181 Å². The summed E-state index contributed by atoms with van der Waals surface area (Å²) in [7, 11) is 0. The molecule has 0 aliphatic carbocycles. The molecular formula is C23H20F5NO3. The Balaban J connectivity index is 1.42. The van der Waals surface area contributed by atoms with Crippen LogP contribution < -0.4 is 4.74 Å². The number of nitrogens with zero attached hydrogens (tertiary/aromatic N) is 1. The molecule has 2 aromatic rings. The first-order valence-corrected chi connectivity index (χ1v) is 10.1. The van der Waals surface area contributed by atoms with Crippen molar-refractivity contribution in [3.63, 3.8) is 0 Å². The molecule has 4 rings (SSSR count). The van der Waals surface area contributed by atoms with Crippen molar-refractivity contribution in [2.75, 3.05) is 0 Å². The second-order valence-corrected chi connectivity index (χ2v) is 7.78. The second kappa shape index (κ2) is 8.44. The van der Waals surface area contributed by atoms with Gasteiger partial charge in [0, 0.05) is 6.04 Å². The molecule has 1 amide bonds. The molecule has 0 saturated carbocycles. The van der Waals surface area contributed by atoms with Crippen molar-refractivity contribution >= 4 is 11.7 Å². The first-order valence-electron chi connectivity index (χ1n) is 10.1. The summed E-state index contributed by atoms with van der Waals surface area (Å²) in [6, 6.07) is 14.2. The topological polar surface area (TPSA) is 38.8 Å².